The Hall–Kier alpha value is -0.0800. The highest BCUT2D eigenvalue weighted by Gasteiger charge is 2.23. The second-order valence-corrected chi connectivity index (χ2v) is 3.57. The molecule has 1 aliphatic rings. The first-order valence-electron chi connectivity index (χ1n) is 4.19. The van der Waals surface area contributed by atoms with Crippen LogP contribution in [-0.4, -0.2) is 24.8 Å². The molecule has 1 rings (SSSR count). The predicted octanol–water partition coefficient (Wildman–Crippen LogP) is 1.75. The molecule has 60 valence electrons. The van der Waals surface area contributed by atoms with E-state index in [4.69, 9.17) is 0 Å². The highest BCUT2D eigenvalue weighted by molar-refractivity contribution is 4.72. The first-order chi connectivity index (χ1) is 4.64. The van der Waals surface area contributed by atoms with Gasteiger partial charge in [-0.3, -0.25) is 0 Å². The third-order valence-electron chi connectivity index (χ3n) is 2.38. The van der Waals surface area contributed by atoms with Crippen molar-refractivity contribution in [2.45, 2.75) is 26.2 Å². The van der Waals surface area contributed by atoms with E-state index in [9.17, 15) is 5.21 Å². The maximum absolute atomic E-state index is 11.3. The summed E-state index contributed by atoms with van der Waals surface area (Å²) in [6, 6.07) is 0. The summed E-state index contributed by atoms with van der Waals surface area (Å²) < 4.78 is -0.0451. The van der Waals surface area contributed by atoms with E-state index in [-0.39, 0.29) is 4.65 Å². The lowest BCUT2D eigenvalue weighted by atomic mass is 10.3. The van der Waals surface area contributed by atoms with Crippen molar-refractivity contribution in [1.82, 2.24) is 0 Å². The van der Waals surface area contributed by atoms with Gasteiger partial charge in [-0.05, 0) is 32.1 Å². The number of hydrogen-bond acceptors (Lipinski definition) is 1. The average molecular weight is 143 g/mol. The van der Waals surface area contributed by atoms with Crippen LogP contribution >= 0.6 is 0 Å². The van der Waals surface area contributed by atoms with Crippen LogP contribution in [0.15, 0.2) is 0 Å². The Bertz CT molecular complexity index is 108. The minimum absolute atomic E-state index is 0.0451. The van der Waals surface area contributed by atoms with E-state index < -0.39 is 0 Å². The number of rotatable bonds is 4. The zero-order chi connectivity index (χ0) is 7.61. The molecule has 0 aromatic rings. The largest absolute Gasteiger partial charge is 0.633 e. The Labute approximate surface area is 63.0 Å². The molecule has 0 saturated heterocycles. The first kappa shape index (κ1) is 8.02. The highest BCUT2D eigenvalue weighted by Crippen LogP contribution is 2.32. The minimum atomic E-state index is -0.0451. The summed E-state index contributed by atoms with van der Waals surface area (Å²) in [5.41, 5.74) is 0. The molecular formula is C8H17NO. The summed E-state index contributed by atoms with van der Waals surface area (Å²) in [4.78, 5) is 0. The fraction of sp³-hybridized carbons (Fsp3) is 1.00. The van der Waals surface area contributed by atoms with Gasteiger partial charge in [-0.2, -0.15) is 0 Å². The molecular weight excluding hydrogens is 126 g/mol. The van der Waals surface area contributed by atoms with E-state index >= 15 is 0 Å². The van der Waals surface area contributed by atoms with Crippen LogP contribution in [0.3, 0.4) is 0 Å². The SMILES string of the molecule is CC[N+](C)([O-])CCC1CC1. The van der Waals surface area contributed by atoms with Crippen molar-refractivity contribution < 1.29 is 4.65 Å². The topological polar surface area (TPSA) is 23.1 Å². The molecule has 0 N–H and O–H groups in total. The average Bonchev–Trinajstić information content (AvgIpc) is 2.66. The lowest BCUT2D eigenvalue weighted by Crippen LogP contribution is -2.38. The fourth-order valence-corrected chi connectivity index (χ4v) is 1.02. The quantitative estimate of drug-likeness (QED) is 0.434. The summed E-state index contributed by atoms with van der Waals surface area (Å²) in [6.45, 7) is 3.49. The lowest BCUT2D eigenvalue weighted by Gasteiger charge is -2.37. The summed E-state index contributed by atoms with van der Waals surface area (Å²) in [5.74, 6) is 0.901. The van der Waals surface area contributed by atoms with Crippen LogP contribution in [0.2, 0.25) is 0 Å². The third-order valence-corrected chi connectivity index (χ3v) is 2.38. The maximum Gasteiger partial charge on any atom is 0.0784 e. The standard InChI is InChI=1S/C8H17NO/c1-3-9(2,10)7-6-8-4-5-8/h8H,3-7H2,1-2H3. The van der Waals surface area contributed by atoms with Crippen molar-refractivity contribution >= 4 is 0 Å². The van der Waals surface area contributed by atoms with E-state index in [0.717, 1.165) is 18.9 Å². The summed E-state index contributed by atoms with van der Waals surface area (Å²) in [5, 5.41) is 11.3. The smallest absolute Gasteiger partial charge is 0.0784 e. The Morgan fingerprint density at radius 1 is 1.50 bits per heavy atom. The molecule has 0 spiro atoms. The van der Waals surface area contributed by atoms with Gasteiger partial charge >= 0.3 is 0 Å². The molecule has 10 heavy (non-hydrogen) atoms. The molecule has 1 atom stereocenters. The van der Waals surface area contributed by atoms with Gasteiger partial charge in [0, 0.05) is 0 Å². The molecule has 1 aliphatic carbocycles. The minimum Gasteiger partial charge on any atom is -0.633 e. The third kappa shape index (κ3) is 2.67. The zero-order valence-corrected chi connectivity index (χ0v) is 6.97. The fourth-order valence-electron chi connectivity index (χ4n) is 1.02. The van der Waals surface area contributed by atoms with Gasteiger partial charge in [-0.15, -0.1) is 0 Å². The van der Waals surface area contributed by atoms with Gasteiger partial charge in [0.1, 0.15) is 0 Å². The molecule has 0 heterocycles. The molecule has 0 aromatic heterocycles. The van der Waals surface area contributed by atoms with Gasteiger partial charge in [-0.25, -0.2) is 0 Å². The number of nitrogens with zero attached hydrogens (tertiary/aromatic N) is 1. The van der Waals surface area contributed by atoms with Crippen LogP contribution in [0.1, 0.15) is 26.2 Å². The van der Waals surface area contributed by atoms with E-state index in [1.54, 1.807) is 7.05 Å². The highest BCUT2D eigenvalue weighted by atomic mass is 16.5. The van der Waals surface area contributed by atoms with Gasteiger partial charge in [0.25, 0.3) is 0 Å². The van der Waals surface area contributed by atoms with Gasteiger partial charge in [0.2, 0.25) is 0 Å². The number of hydrogen-bond donors (Lipinski definition) is 0. The predicted molar refractivity (Wildman–Crippen MR) is 42.3 cm³/mol. The van der Waals surface area contributed by atoms with Gasteiger partial charge in [0.15, 0.2) is 0 Å². The molecule has 2 nitrogen and oxygen atoms in total. The normalized spacial score (nSPS) is 24.3. The summed E-state index contributed by atoms with van der Waals surface area (Å²) >= 11 is 0. The lowest BCUT2D eigenvalue weighted by molar-refractivity contribution is -0.859. The van der Waals surface area contributed by atoms with Crippen molar-refractivity contribution in [3.05, 3.63) is 5.21 Å². The van der Waals surface area contributed by atoms with Crippen LogP contribution in [-0.2, 0) is 0 Å². The van der Waals surface area contributed by atoms with Gasteiger partial charge < -0.3 is 9.85 Å². The zero-order valence-electron chi connectivity index (χ0n) is 6.97. The number of quaternary nitrogens is 1. The number of hydroxylamine groups is 3. The summed E-state index contributed by atoms with van der Waals surface area (Å²) in [7, 11) is 1.77. The second-order valence-electron chi connectivity index (χ2n) is 3.57. The molecule has 1 saturated carbocycles. The molecule has 1 unspecified atom stereocenters. The van der Waals surface area contributed by atoms with Crippen molar-refractivity contribution in [3.8, 4) is 0 Å². The van der Waals surface area contributed by atoms with E-state index in [1.165, 1.54) is 12.8 Å². The first-order valence-corrected chi connectivity index (χ1v) is 4.19. The molecule has 0 radical (unpaired) electrons. The molecule has 0 bridgehead atoms. The van der Waals surface area contributed by atoms with Crippen molar-refractivity contribution in [1.29, 1.82) is 0 Å². The summed E-state index contributed by atoms with van der Waals surface area (Å²) in [6.07, 6.45) is 3.88. The van der Waals surface area contributed by atoms with E-state index in [0.29, 0.717) is 6.54 Å². The molecule has 1 fully saturated rings. The Balaban J connectivity index is 2.09. The Kier molecular flexibility index (Phi) is 2.32. The van der Waals surface area contributed by atoms with Crippen LogP contribution < -0.4 is 0 Å². The monoisotopic (exact) mass is 143 g/mol. The van der Waals surface area contributed by atoms with Crippen LogP contribution in [0, 0.1) is 11.1 Å². The van der Waals surface area contributed by atoms with Crippen LogP contribution in [0.25, 0.3) is 0 Å². The Morgan fingerprint density at radius 2 is 2.10 bits per heavy atom. The molecule has 0 aromatic carbocycles. The van der Waals surface area contributed by atoms with E-state index in [2.05, 4.69) is 0 Å². The van der Waals surface area contributed by atoms with Gasteiger partial charge in [-0.1, -0.05) is 0 Å². The second kappa shape index (κ2) is 2.89. The van der Waals surface area contributed by atoms with Crippen LogP contribution in [0.4, 0.5) is 0 Å². The maximum atomic E-state index is 11.3. The van der Waals surface area contributed by atoms with Crippen molar-refractivity contribution in [2.24, 2.45) is 5.92 Å². The van der Waals surface area contributed by atoms with Crippen LogP contribution in [0.5, 0.6) is 0 Å². The Morgan fingerprint density at radius 3 is 2.50 bits per heavy atom. The van der Waals surface area contributed by atoms with E-state index in [1.807, 2.05) is 6.92 Å². The molecule has 2 heteroatoms. The molecule has 0 amide bonds. The van der Waals surface area contributed by atoms with Crippen molar-refractivity contribution in [2.75, 3.05) is 20.1 Å². The van der Waals surface area contributed by atoms with Crippen molar-refractivity contribution in [3.63, 3.8) is 0 Å². The molecule has 0 aliphatic heterocycles. The van der Waals surface area contributed by atoms with Gasteiger partial charge in [0.05, 0.1) is 20.1 Å².